The maximum atomic E-state index is 15.3. The van der Waals surface area contributed by atoms with Crippen molar-refractivity contribution in [3.05, 3.63) is 53.6 Å². The second kappa shape index (κ2) is 40.5. The van der Waals surface area contributed by atoms with Crippen molar-refractivity contribution >= 4 is 123 Å². The van der Waals surface area contributed by atoms with Crippen molar-refractivity contribution < 1.29 is 116 Å². The number of amides is 14. The van der Waals surface area contributed by atoms with E-state index in [4.69, 9.17) is 15.6 Å². The van der Waals surface area contributed by atoms with E-state index in [2.05, 4.69) is 63.5 Å². The highest BCUT2D eigenvalue weighted by Crippen LogP contribution is 2.33. The minimum Gasteiger partial charge on any atom is -0.489 e. The SMILES string of the molecule is CC[C@H](C)[C@@H]1NC(=O)CNC(=O)C2Cc3c([nH]c4cc(OCc5ccc(N(C)C(=O)[C@H](C)NC(=O)[C@@H](NC(=O)NCCCC[C@H](NC(=O)N[C@@H](CCC(=O)O)C(=O)O)C(=O)O)C(C)C)cc5)ccc34)S(=O)CC(NC(=O)CNC1=O)C(=O)N[C@@H](CCC(N)=O)C(=O)N1C[C@H](O)C[C@]1(C=O)N[C@@H]([C@@H](C)[C@@H](O)CO)C(=O)N2. The molecule has 15 atom stereocenters. The summed E-state index contributed by atoms with van der Waals surface area (Å²) >= 11 is 0. The Labute approximate surface area is 633 Å². The van der Waals surface area contributed by atoms with Crippen LogP contribution in [0, 0.1) is 17.8 Å². The number of hydrogen-bond acceptors (Lipinski definition) is 22. The van der Waals surface area contributed by atoms with Crippen LogP contribution in [0.3, 0.4) is 0 Å². The number of nitrogens with two attached hydrogens (primary N) is 1. The molecule has 21 N–H and O–H groups in total. The van der Waals surface area contributed by atoms with Gasteiger partial charge in [-0.15, -0.1) is 0 Å². The summed E-state index contributed by atoms with van der Waals surface area (Å²) in [5, 5.41) is 90.1. The monoisotopic (exact) mass is 1570 g/mol. The number of carbonyl (C=O) groups excluding carboxylic acids is 13. The summed E-state index contributed by atoms with van der Waals surface area (Å²) in [5.74, 6) is -16.9. The summed E-state index contributed by atoms with van der Waals surface area (Å²) in [6.45, 7) is 6.02. The number of aliphatic carboxylic acids is 3. The number of rotatable bonds is 30. The van der Waals surface area contributed by atoms with Crippen LogP contribution in [0.5, 0.6) is 5.75 Å². The molecule has 2 bridgehead atoms. The van der Waals surface area contributed by atoms with Crippen molar-refractivity contribution in [1.82, 2.24) is 73.7 Å². The van der Waals surface area contributed by atoms with E-state index < -0.39 is 260 Å². The number of aliphatic hydroxyl groups excluding tert-OH is 3. The number of hydrogen-bond donors (Lipinski definition) is 20. The molecule has 41 heteroatoms. The highest BCUT2D eigenvalue weighted by molar-refractivity contribution is 7.85. The molecule has 1 aromatic heterocycles. The summed E-state index contributed by atoms with van der Waals surface area (Å²) in [6, 6.07) is -4.92. The molecule has 14 amide bonds. The average molecular weight is 1570 g/mol. The van der Waals surface area contributed by atoms with E-state index in [1.54, 1.807) is 52.0 Å². The smallest absolute Gasteiger partial charge is 0.326 e. The number of nitrogens with zero attached hydrogens (tertiary/aromatic N) is 2. The second-order valence-electron chi connectivity index (χ2n) is 27.6. The summed E-state index contributed by atoms with van der Waals surface area (Å²) in [6.07, 6.45) is -5.91. The minimum absolute atomic E-state index is 0.00461. The van der Waals surface area contributed by atoms with Gasteiger partial charge in [-0.05, 0) is 86.3 Å². The maximum absolute atomic E-state index is 15.3. The number of unbranched alkanes of at least 4 members (excludes halogenated alkanes) is 1. The van der Waals surface area contributed by atoms with Gasteiger partial charge in [0, 0.05) is 68.9 Å². The molecule has 1 saturated heterocycles. The molecule has 3 aliphatic rings. The third-order valence-electron chi connectivity index (χ3n) is 19.0. The van der Waals surface area contributed by atoms with Crippen molar-refractivity contribution in [2.24, 2.45) is 23.5 Å². The molecule has 2 aromatic carbocycles. The molecule has 3 unspecified atom stereocenters. The summed E-state index contributed by atoms with van der Waals surface area (Å²) in [7, 11) is -1.03. The number of primary amides is 1. The number of ether oxygens (including phenoxy) is 1. The van der Waals surface area contributed by atoms with E-state index in [9.17, 15) is 97.5 Å². The fraction of sp³-hybridized carbons (Fsp3) is 0.565. The van der Waals surface area contributed by atoms with E-state index in [0.29, 0.717) is 17.7 Å². The van der Waals surface area contributed by atoms with Gasteiger partial charge in [0.15, 0.2) is 11.9 Å². The number of carbonyl (C=O) groups is 16. The lowest BCUT2D eigenvalue weighted by Crippen LogP contribution is -2.68. The Morgan fingerprint density at radius 3 is 2.03 bits per heavy atom. The van der Waals surface area contributed by atoms with Gasteiger partial charge in [0.2, 0.25) is 59.1 Å². The number of fused-ring (bicyclic) bond motifs is 5. The van der Waals surface area contributed by atoms with Crippen LogP contribution < -0.4 is 79.2 Å². The molecule has 604 valence electrons. The number of benzene rings is 2. The van der Waals surface area contributed by atoms with E-state index in [0.717, 1.165) is 4.90 Å². The number of aliphatic hydroxyl groups is 3. The predicted molar refractivity (Wildman–Crippen MR) is 387 cm³/mol. The van der Waals surface area contributed by atoms with Crippen molar-refractivity contribution in [3.8, 4) is 5.75 Å². The Bertz CT molecular complexity index is 3940. The van der Waals surface area contributed by atoms with Gasteiger partial charge in [-0.25, -0.2) is 19.2 Å². The Balaban J connectivity index is 1.24. The van der Waals surface area contributed by atoms with Crippen molar-refractivity contribution in [2.45, 2.75) is 190 Å². The summed E-state index contributed by atoms with van der Waals surface area (Å²) in [5.41, 5.74) is 4.33. The molecule has 0 spiro atoms. The van der Waals surface area contributed by atoms with Gasteiger partial charge in [-0.1, -0.05) is 53.2 Å². The zero-order chi connectivity index (χ0) is 81.6. The molecule has 40 nitrogen and oxygen atoms in total. The molecule has 0 radical (unpaired) electrons. The van der Waals surface area contributed by atoms with Gasteiger partial charge in [0.1, 0.15) is 65.7 Å². The molecule has 3 aliphatic heterocycles. The van der Waals surface area contributed by atoms with Gasteiger partial charge in [-0.3, -0.25) is 67.1 Å². The number of aromatic nitrogens is 1. The molecule has 110 heavy (non-hydrogen) atoms. The number of carboxylic acids is 3. The minimum atomic E-state index is -2.49. The van der Waals surface area contributed by atoms with Crippen LogP contribution in [0.1, 0.15) is 110 Å². The quantitative estimate of drug-likeness (QED) is 0.0220. The van der Waals surface area contributed by atoms with Crippen LogP contribution in [-0.2, 0) is 91.0 Å². The normalized spacial score (nSPS) is 22.9. The number of nitrogens with one attached hydrogen (secondary N) is 13. The number of carboxylic acid groups (broad SMARTS) is 3. The van der Waals surface area contributed by atoms with Crippen molar-refractivity contribution in [2.75, 3.05) is 50.5 Å². The third kappa shape index (κ3) is 24.3. The van der Waals surface area contributed by atoms with Crippen molar-refractivity contribution in [3.63, 3.8) is 0 Å². The zero-order valence-electron chi connectivity index (χ0n) is 61.6. The van der Waals surface area contributed by atoms with Gasteiger partial charge in [0.25, 0.3) is 0 Å². The first-order chi connectivity index (χ1) is 51.9. The van der Waals surface area contributed by atoms with Crippen LogP contribution >= 0.6 is 0 Å². The number of aldehydes is 1. The first-order valence-electron chi connectivity index (χ1n) is 35.6. The van der Waals surface area contributed by atoms with Gasteiger partial charge in [0.05, 0.1) is 60.0 Å². The Morgan fingerprint density at radius 2 is 1.42 bits per heavy atom. The molecule has 0 aliphatic carbocycles. The largest absolute Gasteiger partial charge is 0.489 e. The molecule has 6 rings (SSSR count). The summed E-state index contributed by atoms with van der Waals surface area (Å²) < 4.78 is 21.5. The lowest BCUT2D eigenvalue weighted by atomic mass is 9.92. The number of urea groups is 2. The van der Waals surface area contributed by atoms with Crippen LogP contribution in [0.25, 0.3) is 10.9 Å². The van der Waals surface area contributed by atoms with Crippen LogP contribution in [0.15, 0.2) is 47.5 Å². The molecule has 3 aromatic rings. The first-order valence-corrected chi connectivity index (χ1v) is 36.9. The number of aromatic amines is 1. The maximum Gasteiger partial charge on any atom is 0.326 e. The van der Waals surface area contributed by atoms with Gasteiger partial charge >= 0.3 is 30.0 Å². The fourth-order valence-corrected chi connectivity index (χ4v) is 13.8. The molecule has 0 saturated carbocycles. The average Bonchev–Trinajstić information content (AvgIpc) is 1.61. The lowest BCUT2D eigenvalue weighted by molar-refractivity contribution is -0.147. The van der Waals surface area contributed by atoms with E-state index in [1.165, 1.54) is 44.0 Å². The number of likely N-dealkylation sites (N-methyl/N-ethyl adjacent to an activating group) is 1. The third-order valence-corrected chi connectivity index (χ3v) is 20.4. The fourth-order valence-electron chi connectivity index (χ4n) is 12.4. The predicted octanol–water partition coefficient (Wildman–Crippen LogP) is -4.62. The summed E-state index contributed by atoms with van der Waals surface area (Å²) in [4.78, 5) is 219. The number of anilines is 1. The van der Waals surface area contributed by atoms with E-state index >= 15 is 9.00 Å². The Hall–Kier alpha value is -10.9. The topological polar surface area (TPSA) is 613 Å². The van der Waals surface area contributed by atoms with Gasteiger partial charge in [-0.2, -0.15) is 0 Å². The highest BCUT2D eigenvalue weighted by atomic mass is 32.2. The zero-order valence-corrected chi connectivity index (χ0v) is 62.5. The Kier molecular flexibility index (Phi) is 32.4. The van der Waals surface area contributed by atoms with Crippen LogP contribution in [0.4, 0.5) is 15.3 Å². The molecule has 1 fully saturated rings. The highest BCUT2D eigenvalue weighted by Gasteiger charge is 2.53. The van der Waals surface area contributed by atoms with Crippen LogP contribution in [0.2, 0.25) is 0 Å². The molecular weight excluding hydrogens is 1470 g/mol. The molecular formula is C69H98N16O24S. The lowest BCUT2D eigenvalue weighted by Gasteiger charge is -2.41. The number of H-pyrrole nitrogens is 1. The van der Waals surface area contributed by atoms with E-state index in [-0.39, 0.29) is 65.9 Å². The Morgan fingerprint density at radius 1 is 0.773 bits per heavy atom. The van der Waals surface area contributed by atoms with Crippen molar-refractivity contribution in [1.29, 1.82) is 0 Å². The standard InChI is InChI=1S/C69H98N16O24S/c1-8-34(4)55-59(97)73-26-51(91)75-48-31-110(108)62-42(24-47(57(95)72-27-52(92)81-55)77-61(99)56(35(5)49(89)29-86)83-69(32-87)25-39(88)28-85(69)64(101)43(76-58(48)96)18-20-50(70)90)41-17-16-40(23-46(41)78-62)109-30-37-12-14-38(15-13-37)84(7)63(100)36(6)74-60(98)54(33(2)3)82-67(106)71-22-10-9-11-44(65(102)103)79-68(107)80-45(66(104)105)19-21-53(93)94/h12-17,23,32-36,39,43-45,47-49,54-56,78,83,86,88-89H,8-11,18-22,24-31H2,1-7H3,(H2,70,90)(H,72,95)(H,73,97)(H,74,98)(H,75,91)(H,76,96)(H,77,99)(H,81,92)(H,93,94)(H,102,103)(H,104,105)(H2,71,82,106)(H2,79,80,107)/t34-,35-,36-,39+,43-,44-,45-,47?,48?,49-,54-,55-,56-,69-,110?/m0/s1. The second-order valence-corrected chi connectivity index (χ2v) is 29.0. The van der Waals surface area contributed by atoms with E-state index in [1.807, 2.05) is 5.32 Å². The van der Waals surface area contributed by atoms with Crippen LogP contribution in [-0.4, -0.2) is 258 Å². The van der Waals surface area contributed by atoms with Gasteiger partial charge < -0.3 is 114 Å². The first kappa shape index (κ1) is 88.0. The molecule has 4 heterocycles.